The summed E-state index contributed by atoms with van der Waals surface area (Å²) in [6.45, 7) is 1.11. The zero-order chi connectivity index (χ0) is 20.6. The lowest BCUT2D eigenvalue weighted by atomic mass is 10.2. The van der Waals surface area contributed by atoms with Crippen LogP contribution in [0.25, 0.3) is 0 Å². The quantitative estimate of drug-likeness (QED) is 0.281. The van der Waals surface area contributed by atoms with Crippen molar-refractivity contribution in [3.63, 3.8) is 0 Å². The Morgan fingerprint density at radius 2 is 1.97 bits per heavy atom. The van der Waals surface area contributed by atoms with E-state index in [1.807, 2.05) is 10.8 Å². The number of nitro groups is 1. The summed E-state index contributed by atoms with van der Waals surface area (Å²) in [5.41, 5.74) is 4.49. The van der Waals surface area contributed by atoms with Crippen molar-refractivity contribution in [2.75, 3.05) is 17.3 Å². The number of anilines is 2. The highest BCUT2D eigenvalue weighted by molar-refractivity contribution is 5.95. The number of aromatic nitrogens is 4. The van der Waals surface area contributed by atoms with Crippen molar-refractivity contribution in [3.8, 4) is 0 Å². The van der Waals surface area contributed by atoms with Crippen molar-refractivity contribution >= 4 is 23.2 Å². The topological polar surface area (TPSA) is 140 Å². The number of benzene rings is 1. The Balaban J connectivity index is 1.63. The Morgan fingerprint density at radius 3 is 2.66 bits per heavy atom. The largest absolute Gasteiger partial charge is 0.364 e. The number of hydrogen-bond acceptors (Lipinski definition) is 8. The molecule has 0 saturated carbocycles. The maximum Gasteiger partial charge on any atom is 0.354 e. The third kappa shape index (κ3) is 5.22. The molecule has 0 fully saturated rings. The summed E-state index contributed by atoms with van der Waals surface area (Å²) < 4.78 is 14.8. The zero-order valence-corrected chi connectivity index (χ0v) is 15.1. The van der Waals surface area contributed by atoms with Crippen LogP contribution < -0.4 is 16.2 Å². The Labute approximate surface area is 164 Å². The van der Waals surface area contributed by atoms with Crippen LogP contribution in [0, 0.1) is 15.9 Å². The minimum Gasteiger partial charge on any atom is -0.364 e. The van der Waals surface area contributed by atoms with E-state index in [0.717, 1.165) is 18.5 Å². The molecule has 0 atom stereocenters. The van der Waals surface area contributed by atoms with E-state index < -0.39 is 22.3 Å². The van der Waals surface area contributed by atoms with Crippen molar-refractivity contribution < 1.29 is 14.1 Å². The Kier molecular flexibility index (Phi) is 6.25. The lowest BCUT2D eigenvalue weighted by molar-refractivity contribution is -0.383. The molecular weight excluding hydrogens is 383 g/mol. The second-order valence-electron chi connectivity index (χ2n) is 5.84. The molecule has 0 aliphatic carbocycles. The maximum absolute atomic E-state index is 12.9. The second-order valence-corrected chi connectivity index (χ2v) is 5.84. The number of nitrogens with one attached hydrogen (secondary N) is 3. The first kappa shape index (κ1) is 19.7. The molecular formula is C17H17FN8O3. The lowest BCUT2D eigenvalue weighted by Crippen LogP contribution is -2.30. The number of carbonyl (C=O) groups is 1. The molecule has 0 bridgehead atoms. The van der Waals surface area contributed by atoms with Gasteiger partial charge in [0.1, 0.15) is 12.1 Å². The fourth-order valence-corrected chi connectivity index (χ4v) is 2.45. The van der Waals surface area contributed by atoms with Gasteiger partial charge in [0.2, 0.25) is 11.6 Å². The van der Waals surface area contributed by atoms with Gasteiger partial charge in [0.15, 0.2) is 0 Å². The third-order valence-electron chi connectivity index (χ3n) is 3.85. The summed E-state index contributed by atoms with van der Waals surface area (Å²) in [6.07, 6.45) is 6.98. The molecule has 1 aromatic carbocycles. The molecule has 0 aliphatic heterocycles. The summed E-state index contributed by atoms with van der Waals surface area (Å²) in [6, 6.07) is 4.84. The molecule has 3 rings (SSSR count). The number of nitrogens with zero attached hydrogens (tertiary/aromatic N) is 5. The summed E-state index contributed by atoms with van der Waals surface area (Å²) in [7, 11) is 0. The van der Waals surface area contributed by atoms with E-state index in [9.17, 15) is 19.3 Å². The first-order valence-corrected chi connectivity index (χ1v) is 8.55. The van der Waals surface area contributed by atoms with Crippen LogP contribution >= 0.6 is 0 Å². The van der Waals surface area contributed by atoms with Crippen molar-refractivity contribution in [2.45, 2.75) is 13.0 Å². The molecule has 0 spiro atoms. The normalized spacial score (nSPS) is 10.4. The number of rotatable bonds is 9. The standard InChI is InChI=1S/C17H17FN8O3/c18-13-4-2-12(3-5-13)17(27)24-23-16-14(26(28)29)15(21-10-22-16)20-6-1-8-25-9-7-19-11-25/h2-5,7,9-11H,1,6,8H2,(H,24,27)(H2,20,21,22,23). The molecule has 2 heterocycles. The van der Waals surface area contributed by atoms with Gasteiger partial charge < -0.3 is 9.88 Å². The maximum atomic E-state index is 12.9. The number of aryl methyl sites for hydroxylation is 1. The van der Waals surface area contributed by atoms with Crippen LogP contribution in [-0.2, 0) is 6.54 Å². The lowest BCUT2D eigenvalue weighted by Gasteiger charge is -2.11. The monoisotopic (exact) mass is 400 g/mol. The summed E-state index contributed by atoms with van der Waals surface area (Å²) >= 11 is 0. The van der Waals surface area contributed by atoms with Crippen molar-refractivity contribution in [1.29, 1.82) is 0 Å². The molecule has 1 amide bonds. The van der Waals surface area contributed by atoms with Crippen molar-refractivity contribution in [1.82, 2.24) is 24.9 Å². The van der Waals surface area contributed by atoms with E-state index in [1.165, 1.54) is 12.1 Å². The third-order valence-corrected chi connectivity index (χ3v) is 3.85. The molecule has 0 unspecified atom stereocenters. The predicted molar refractivity (Wildman–Crippen MR) is 102 cm³/mol. The summed E-state index contributed by atoms with van der Waals surface area (Å²) in [5, 5.41) is 14.4. The van der Waals surface area contributed by atoms with Crippen LogP contribution in [0.2, 0.25) is 0 Å². The SMILES string of the molecule is O=C(NNc1ncnc(NCCCn2ccnc2)c1[N+](=O)[O-])c1ccc(F)cc1. The van der Waals surface area contributed by atoms with E-state index >= 15 is 0 Å². The first-order chi connectivity index (χ1) is 14.0. The van der Waals surface area contributed by atoms with Crippen LogP contribution in [0.5, 0.6) is 0 Å². The van der Waals surface area contributed by atoms with Gasteiger partial charge in [-0.1, -0.05) is 0 Å². The van der Waals surface area contributed by atoms with Crippen LogP contribution in [0.15, 0.2) is 49.3 Å². The van der Waals surface area contributed by atoms with Gasteiger partial charge in [-0.15, -0.1) is 0 Å². The van der Waals surface area contributed by atoms with Crippen LogP contribution in [0.3, 0.4) is 0 Å². The highest BCUT2D eigenvalue weighted by Crippen LogP contribution is 2.28. The van der Waals surface area contributed by atoms with E-state index in [4.69, 9.17) is 0 Å². The summed E-state index contributed by atoms with van der Waals surface area (Å²) in [5.74, 6) is -1.25. The number of carbonyl (C=O) groups excluding carboxylic acids is 1. The number of imidazole rings is 1. The molecule has 0 saturated heterocycles. The number of halogens is 1. The zero-order valence-electron chi connectivity index (χ0n) is 15.1. The fraction of sp³-hybridized carbons (Fsp3) is 0.176. The van der Waals surface area contributed by atoms with Gasteiger partial charge in [0.25, 0.3) is 5.91 Å². The highest BCUT2D eigenvalue weighted by atomic mass is 19.1. The van der Waals surface area contributed by atoms with E-state index in [-0.39, 0.29) is 17.2 Å². The van der Waals surface area contributed by atoms with Gasteiger partial charge in [-0.25, -0.2) is 19.3 Å². The molecule has 3 N–H and O–H groups in total. The van der Waals surface area contributed by atoms with Gasteiger partial charge in [-0.2, -0.15) is 0 Å². The second kappa shape index (κ2) is 9.21. The molecule has 0 radical (unpaired) electrons. The molecule has 29 heavy (non-hydrogen) atoms. The Morgan fingerprint density at radius 1 is 1.21 bits per heavy atom. The first-order valence-electron chi connectivity index (χ1n) is 8.55. The van der Waals surface area contributed by atoms with Crippen LogP contribution in [0.4, 0.5) is 21.7 Å². The molecule has 12 heteroatoms. The van der Waals surface area contributed by atoms with Crippen LogP contribution in [0.1, 0.15) is 16.8 Å². The Hall–Kier alpha value is -4.09. The minimum atomic E-state index is -0.648. The fourth-order valence-electron chi connectivity index (χ4n) is 2.45. The predicted octanol–water partition coefficient (Wildman–Crippen LogP) is 1.98. The number of hydrazine groups is 1. The van der Waals surface area contributed by atoms with Gasteiger partial charge >= 0.3 is 5.69 Å². The Bertz CT molecular complexity index is 979. The average molecular weight is 400 g/mol. The van der Waals surface area contributed by atoms with Gasteiger partial charge in [-0.05, 0) is 30.7 Å². The van der Waals surface area contributed by atoms with Crippen molar-refractivity contribution in [2.24, 2.45) is 0 Å². The van der Waals surface area contributed by atoms with E-state index in [2.05, 4.69) is 31.1 Å². The van der Waals surface area contributed by atoms with Gasteiger partial charge in [0, 0.05) is 31.0 Å². The highest BCUT2D eigenvalue weighted by Gasteiger charge is 2.23. The van der Waals surface area contributed by atoms with Crippen molar-refractivity contribution in [3.05, 3.63) is 70.8 Å². The van der Waals surface area contributed by atoms with E-state index in [1.54, 1.807) is 12.5 Å². The van der Waals surface area contributed by atoms with Gasteiger partial charge in [-0.3, -0.25) is 25.8 Å². The minimum absolute atomic E-state index is 0.0224. The smallest absolute Gasteiger partial charge is 0.354 e. The molecule has 150 valence electrons. The molecule has 0 aliphatic rings. The molecule has 2 aromatic heterocycles. The number of amides is 1. The summed E-state index contributed by atoms with van der Waals surface area (Å²) in [4.78, 5) is 34.6. The molecule has 11 nitrogen and oxygen atoms in total. The van der Waals surface area contributed by atoms with E-state index in [0.29, 0.717) is 19.5 Å². The average Bonchev–Trinajstić information content (AvgIpc) is 3.23. The van der Waals surface area contributed by atoms with Gasteiger partial charge in [0.05, 0.1) is 11.3 Å². The molecule has 3 aromatic rings. The van der Waals surface area contributed by atoms with Crippen LogP contribution in [-0.4, -0.2) is 36.9 Å². The number of hydrogen-bond donors (Lipinski definition) is 3.